The fraction of sp³-hybridized carbons (Fsp3) is 0.508. The molecule has 476 valence electrons. The predicted molar refractivity (Wildman–Crippen MR) is 333 cm³/mol. The van der Waals surface area contributed by atoms with E-state index in [1.165, 1.54) is 20.0 Å². The van der Waals surface area contributed by atoms with Gasteiger partial charge in [-0.15, -0.1) is 0 Å². The largest absolute Gasteiger partial charge is 0.491 e. The fourth-order valence-electron chi connectivity index (χ4n) is 9.03. The number of carbonyl (C=O) groups excluding carboxylic acids is 8. The number of nitriles is 1. The van der Waals surface area contributed by atoms with Crippen molar-refractivity contribution in [3.05, 3.63) is 94.3 Å². The molecule has 1 aliphatic rings. The number of fused-ring (bicyclic) bond motifs is 5. The molecule has 0 saturated carbocycles. The van der Waals surface area contributed by atoms with Crippen LogP contribution in [-0.4, -0.2) is 153 Å². The highest BCUT2D eigenvalue weighted by Gasteiger charge is 2.37. The summed E-state index contributed by atoms with van der Waals surface area (Å²) >= 11 is 0. The van der Waals surface area contributed by atoms with Crippen molar-refractivity contribution in [2.75, 3.05) is 53.0 Å². The second-order valence-electron chi connectivity index (χ2n) is 25.6. The third kappa shape index (κ3) is 21.3. The van der Waals surface area contributed by atoms with Crippen LogP contribution in [0.5, 0.6) is 11.5 Å². The normalized spacial score (nSPS) is 15.7. The quantitative estimate of drug-likeness (QED) is 0.0201. The summed E-state index contributed by atoms with van der Waals surface area (Å²) in [5.74, 6) is -3.26. The minimum atomic E-state index is -1.65. The van der Waals surface area contributed by atoms with Crippen LogP contribution in [-0.2, 0) is 45.2 Å². The van der Waals surface area contributed by atoms with Crippen LogP contribution in [0.15, 0.2) is 60.7 Å². The second-order valence-corrected chi connectivity index (χ2v) is 31.3. The van der Waals surface area contributed by atoms with Gasteiger partial charge in [-0.05, 0) is 115 Å². The number of rotatable bonds is 20. The van der Waals surface area contributed by atoms with Gasteiger partial charge in [-0.3, -0.25) is 24.0 Å². The Morgan fingerprint density at radius 3 is 1.82 bits per heavy atom. The maximum atomic E-state index is 15.4. The van der Waals surface area contributed by atoms with E-state index >= 15 is 9.59 Å². The van der Waals surface area contributed by atoms with Gasteiger partial charge < -0.3 is 65.8 Å². The summed E-state index contributed by atoms with van der Waals surface area (Å²) in [6, 6.07) is 14.1. The highest BCUT2D eigenvalue weighted by atomic mass is 28.3. The van der Waals surface area contributed by atoms with E-state index in [0.29, 0.717) is 39.9 Å². The van der Waals surface area contributed by atoms with Gasteiger partial charge in [-0.2, -0.15) is 5.26 Å². The number of nitrogens with one attached hydrogen (secondary N) is 7. The van der Waals surface area contributed by atoms with E-state index < -0.39 is 97.8 Å². The number of likely N-dealkylation sites (N-methyl/N-ethyl adjacent to an activating group) is 1. The van der Waals surface area contributed by atoms with Crippen molar-refractivity contribution in [3.63, 3.8) is 0 Å². The average Bonchev–Trinajstić information content (AvgIpc) is 1.26. The Kier molecular flexibility index (Phi) is 24.0. The van der Waals surface area contributed by atoms with Crippen molar-refractivity contribution < 1.29 is 62.0 Å². The zero-order valence-electron chi connectivity index (χ0n) is 53.5. The Morgan fingerprint density at radius 1 is 0.727 bits per heavy atom. The van der Waals surface area contributed by atoms with Crippen LogP contribution in [0.25, 0.3) is 22.5 Å². The predicted octanol–water partition coefficient (Wildman–Crippen LogP) is 7.08. The lowest BCUT2D eigenvalue weighted by atomic mass is 9.86. The van der Waals surface area contributed by atoms with Gasteiger partial charge in [0.2, 0.25) is 23.6 Å². The van der Waals surface area contributed by atoms with Gasteiger partial charge in [-0.1, -0.05) is 76.8 Å². The lowest BCUT2D eigenvalue weighted by molar-refractivity contribution is -0.141. The number of aryl methyl sites for hydroxylation is 2. The number of benzene rings is 3. The number of aromatic nitrogens is 2. The monoisotopic (exact) mass is 1230 g/mol. The third-order valence-electron chi connectivity index (χ3n) is 13.5. The highest BCUT2D eigenvalue weighted by Crippen LogP contribution is 2.40. The van der Waals surface area contributed by atoms with Gasteiger partial charge in [-0.25, -0.2) is 24.4 Å². The van der Waals surface area contributed by atoms with Crippen LogP contribution in [0.4, 0.5) is 14.4 Å². The number of carbonyl (C=O) groups is 8. The Morgan fingerprint density at radius 2 is 1.28 bits per heavy atom. The Hall–Kier alpha value is -8.79. The van der Waals surface area contributed by atoms with Crippen molar-refractivity contribution >= 4 is 55.9 Å². The van der Waals surface area contributed by atoms with E-state index in [1.54, 1.807) is 85.7 Å². The molecular formula is C63H87N11O13Si. The van der Waals surface area contributed by atoms with Crippen LogP contribution in [0.1, 0.15) is 114 Å². The number of alkyl carbamates (subject to hydrolysis) is 3. The molecule has 25 heteroatoms. The molecule has 0 spiro atoms. The Balaban J connectivity index is 1.66. The number of hydrogen-bond donors (Lipinski definition) is 7. The lowest BCUT2D eigenvalue weighted by Crippen LogP contribution is -2.57. The van der Waals surface area contributed by atoms with Crippen molar-refractivity contribution in [1.29, 1.82) is 5.26 Å². The molecule has 0 fully saturated rings. The summed E-state index contributed by atoms with van der Waals surface area (Å²) in [5.41, 5.74) is 2.03. The smallest absolute Gasteiger partial charge is 0.407 e. The van der Waals surface area contributed by atoms with Gasteiger partial charge in [0, 0.05) is 38.2 Å². The Bertz CT molecular complexity index is 3210. The molecule has 4 aromatic rings. The molecule has 0 unspecified atom stereocenters. The zero-order chi connectivity index (χ0) is 65.5. The van der Waals surface area contributed by atoms with E-state index in [0.717, 1.165) is 10.5 Å². The van der Waals surface area contributed by atoms with Crippen LogP contribution >= 0.6 is 0 Å². The fourth-order valence-corrected chi connectivity index (χ4v) is 9.75. The van der Waals surface area contributed by atoms with Crippen LogP contribution in [0.3, 0.4) is 0 Å². The third-order valence-corrected chi connectivity index (χ3v) is 15.2. The summed E-state index contributed by atoms with van der Waals surface area (Å²) in [6.07, 6.45) is -2.35. The van der Waals surface area contributed by atoms with E-state index in [2.05, 4.69) is 77.6 Å². The van der Waals surface area contributed by atoms with E-state index in [-0.39, 0.29) is 79.5 Å². The van der Waals surface area contributed by atoms with Crippen LogP contribution < -0.4 is 46.7 Å². The molecule has 1 aromatic heterocycles. The molecule has 24 nitrogen and oxygen atoms in total. The number of amides is 8. The molecule has 2 heterocycles. The molecule has 4 atom stereocenters. The van der Waals surface area contributed by atoms with Gasteiger partial charge in [0.25, 0.3) is 5.91 Å². The molecular weight excluding hydrogens is 1150 g/mol. The summed E-state index contributed by atoms with van der Waals surface area (Å²) < 4.78 is 29.1. The molecule has 1 aliphatic heterocycles. The molecule has 8 amide bonds. The molecule has 4 bridgehead atoms. The van der Waals surface area contributed by atoms with Crippen LogP contribution in [0, 0.1) is 25.2 Å². The maximum absolute atomic E-state index is 15.4. The first kappa shape index (κ1) is 70.0. The molecule has 5 rings (SSSR count). The summed E-state index contributed by atoms with van der Waals surface area (Å²) in [4.78, 5) is 122. The summed E-state index contributed by atoms with van der Waals surface area (Å²) in [7, 11) is -0.329. The minimum absolute atomic E-state index is 0.0111. The summed E-state index contributed by atoms with van der Waals surface area (Å²) in [5, 5.41) is 28.0. The van der Waals surface area contributed by atoms with Crippen molar-refractivity contribution in [2.24, 2.45) is 0 Å². The first-order chi connectivity index (χ1) is 41.0. The highest BCUT2D eigenvalue weighted by molar-refractivity contribution is 6.76. The molecule has 7 N–H and O–H groups in total. The van der Waals surface area contributed by atoms with Crippen molar-refractivity contribution in [3.8, 4) is 40.1 Å². The molecule has 3 aromatic carbocycles. The first-order valence-electron chi connectivity index (χ1n) is 29.2. The zero-order valence-corrected chi connectivity index (χ0v) is 54.5. The van der Waals surface area contributed by atoms with Gasteiger partial charge in [0.15, 0.2) is 5.82 Å². The lowest BCUT2D eigenvalue weighted by Gasteiger charge is -2.33. The first-order valence-corrected chi connectivity index (χ1v) is 32.9. The molecule has 0 saturated heterocycles. The molecule has 88 heavy (non-hydrogen) atoms. The standard InChI is InChI=1S/C63H87N11O13Si/c1-37-50(38(2)70-52(69-37)41-18-21-43(22-19-41)61(4,5)6)55(77)73-47(36-68-58(80)85-31-32-88(14,15)16)57(79)74(13)51-42-20-24-49(84-30-28-67-60(82)87-63(10,11)12)45(35-42)44-33-40(17-23-48(44)83-29-27-66-59(81)86-62(7,8)9)34-46(54(76)65-26-25-64)72-53(75)39(3)71-56(51)78/h17-24,33,35,39,46-47,51H,26-32,34,36H2,1-16H3,(H,65,76)(H,66,81)(H,67,82)(H,68,80)(H,71,78)(H,72,75)(H,73,77)/t39-,46-,47-,51-/m0/s1. The second kappa shape index (κ2) is 30.2. The minimum Gasteiger partial charge on any atom is -0.491 e. The maximum Gasteiger partial charge on any atom is 0.407 e. The topological polar surface area (TPSA) is 320 Å². The number of nitrogens with zero attached hydrogens (tertiary/aromatic N) is 4. The number of hydrogen-bond acceptors (Lipinski definition) is 16. The van der Waals surface area contributed by atoms with E-state index in [4.69, 9.17) is 33.7 Å². The van der Waals surface area contributed by atoms with Gasteiger partial charge in [0.1, 0.15) is 66.6 Å². The average molecular weight is 1230 g/mol. The van der Waals surface area contributed by atoms with Crippen molar-refractivity contribution in [2.45, 2.75) is 156 Å². The molecule has 0 aliphatic carbocycles. The van der Waals surface area contributed by atoms with Gasteiger partial charge in [0.05, 0.1) is 49.3 Å². The van der Waals surface area contributed by atoms with Crippen LogP contribution in [0.2, 0.25) is 25.7 Å². The Labute approximate surface area is 516 Å². The van der Waals surface area contributed by atoms with Gasteiger partial charge >= 0.3 is 18.3 Å². The summed E-state index contributed by atoms with van der Waals surface area (Å²) in [6.45, 7) is 26.6. The SMILES string of the molecule is Cc1nc(-c2ccc(C(C)(C)C)cc2)nc(C)c1C(=O)N[C@@H](CNC(=O)OCC[Si](C)(C)C)C(=O)N(C)[C@@H]1C(=O)N[C@@H](C)C(=O)N[C@H](C(=O)NCC#N)Cc2ccc(OCCNC(=O)OC(C)(C)C)c(c2)-c2cc1ccc2OCCNC(=O)OC(C)(C)C. The van der Waals surface area contributed by atoms with E-state index in [1.807, 2.05) is 30.3 Å². The number of ether oxygens (including phenoxy) is 5. The van der Waals surface area contributed by atoms with E-state index in [9.17, 15) is 34.0 Å². The van der Waals surface area contributed by atoms with Crippen molar-refractivity contribution in [1.82, 2.24) is 52.1 Å². The molecule has 0 radical (unpaired) electrons.